The summed E-state index contributed by atoms with van der Waals surface area (Å²) in [6.45, 7) is 1.96. The van der Waals surface area contributed by atoms with Crippen molar-refractivity contribution in [2.75, 3.05) is 0 Å². The van der Waals surface area contributed by atoms with Gasteiger partial charge in [0.1, 0.15) is 5.82 Å². The Morgan fingerprint density at radius 1 is 1.47 bits per heavy atom. The summed E-state index contributed by atoms with van der Waals surface area (Å²) in [7, 11) is 1.99. The zero-order chi connectivity index (χ0) is 10.8. The fourth-order valence-corrected chi connectivity index (χ4v) is 3.56. The van der Waals surface area contributed by atoms with Crippen LogP contribution in [0.25, 0.3) is 0 Å². The predicted octanol–water partition coefficient (Wildman–Crippen LogP) is 3.24. The Kier molecular flexibility index (Phi) is 3.48. The second kappa shape index (κ2) is 4.67. The Morgan fingerprint density at radius 3 is 2.80 bits per heavy atom. The minimum absolute atomic E-state index is 0.947. The van der Waals surface area contributed by atoms with E-state index in [0.717, 1.165) is 16.7 Å². The van der Waals surface area contributed by atoms with E-state index >= 15 is 0 Å². The van der Waals surface area contributed by atoms with Crippen molar-refractivity contribution in [2.45, 2.75) is 17.8 Å². The average molecular weight is 304 g/mol. The van der Waals surface area contributed by atoms with Crippen molar-refractivity contribution in [2.24, 2.45) is 7.05 Å². The maximum atomic E-state index is 4.11. The van der Waals surface area contributed by atoms with Crippen molar-refractivity contribution in [1.29, 1.82) is 0 Å². The number of aromatic nitrogens is 3. The second-order valence-electron chi connectivity index (χ2n) is 3.08. The van der Waals surface area contributed by atoms with Gasteiger partial charge in [-0.3, -0.25) is 0 Å². The first kappa shape index (κ1) is 11.2. The summed E-state index contributed by atoms with van der Waals surface area (Å²) in [6, 6.07) is 4.20. The SMILES string of the molecule is Cc1nnc(SCc2ccc(Br)s2)n1C. The van der Waals surface area contributed by atoms with Gasteiger partial charge in [0.2, 0.25) is 0 Å². The van der Waals surface area contributed by atoms with Gasteiger partial charge in [-0.2, -0.15) is 0 Å². The fraction of sp³-hybridized carbons (Fsp3) is 0.333. The van der Waals surface area contributed by atoms with E-state index in [9.17, 15) is 0 Å². The molecule has 0 N–H and O–H groups in total. The molecule has 6 heteroatoms. The van der Waals surface area contributed by atoms with Crippen LogP contribution in [0.4, 0.5) is 0 Å². The highest BCUT2D eigenvalue weighted by Gasteiger charge is 2.06. The predicted molar refractivity (Wildman–Crippen MR) is 67.3 cm³/mol. The van der Waals surface area contributed by atoms with Crippen molar-refractivity contribution >= 4 is 39.0 Å². The normalized spacial score (nSPS) is 10.9. The molecule has 0 aliphatic heterocycles. The van der Waals surface area contributed by atoms with Crippen LogP contribution in [-0.2, 0) is 12.8 Å². The highest BCUT2D eigenvalue weighted by Crippen LogP contribution is 2.28. The number of thioether (sulfide) groups is 1. The molecule has 15 heavy (non-hydrogen) atoms. The number of thiophene rings is 1. The molecule has 0 spiro atoms. The Bertz CT molecular complexity index is 464. The number of halogens is 1. The average Bonchev–Trinajstić information content (AvgIpc) is 2.74. The van der Waals surface area contributed by atoms with Crippen LogP contribution >= 0.6 is 39.0 Å². The lowest BCUT2D eigenvalue weighted by Gasteiger charge is -1.99. The first-order chi connectivity index (χ1) is 7.16. The first-order valence-corrected chi connectivity index (χ1v) is 6.99. The summed E-state index contributed by atoms with van der Waals surface area (Å²) < 4.78 is 3.18. The molecule has 3 nitrogen and oxygen atoms in total. The molecule has 0 bridgehead atoms. The smallest absolute Gasteiger partial charge is 0.191 e. The van der Waals surface area contributed by atoms with Crippen LogP contribution in [0.1, 0.15) is 10.7 Å². The van der Waals surface area contributed by atoms with Gasteiger partial charge in [-0.1, -0.05) is 11.8 Å². The number of hydrogen-bond donors (Lipinski definition) is 0. The summed E-state index contributed by atoms with van der Waals surface area (Å²) in [5, 5.41) is 9.10. The molecule has 0 saturated heterocycles. The summed E-state index contributed by atoms with van der Waals surface area (Å²) in [4.78, 5) is 1.34. The molecule has 0 aliphatic rings. The molecule has 2 aromatic rings. The minimum Gasteiger partial charge on any atom is -0.309 e. The lowest BCUT2D eigenvalue weighted by atomic mass is 10.5. The Labute approximate surface area is 105 Å². The van der Waals surface area contributed by atoms with E-state index in [1.807, 2.05) is 18.5 Å². The molecule has 0 aliphatic carbocycles. The molecule has 2 heterocycles. The van der Waals surface area contributed by atoms with Crippen LogP contribution in [0.5, 0.6) is 0 Å². The monoisotopic (exact) mass is 303 g/mol. The standard InChI is InChI=1S/C9H10BrN3S2/c1-6-11-12-9(13(6)2)14-5-7-3-4-8(10)15-7/h3-4H,5H2,1-2H3. The molecule has 2 aromatic heterocycles. The van der Waals surface area contributed by atoms with Crippen molar-refractivity contribution in [3.05, 3.63) is 26.6 Å². The lowest BCUT2D eigenvalue weighted by Crippen LogP contribution is -1.93. The van der Waals surface area contributed by atoms with Crippen molar-refractivity contribution in [3.8, 4) is 0 Å². The minimum atomic E-state index is 0.947. The Hall–Kier alpha value is -0.330. The van der Waals surface area contributed by atoms with Gasteiger partial charge in [0.25, 0.3) is 0 Å². The third-order valence-corrected chi connectivity index (χ3v) is 4.90. The van der Waals surface area contributed by atoms with Crippen molar-refractivity contribution in [3.63, 3.8) is 0 Å². The number of aryl methyl sites for hydroxylation is 1. The molecule has 80 valence electrons. The van der Waals surface area contributed by atoms with Gasteiger partial charge >= 0.3 is 0 Å². The van der Waals surface area contributed by atoms with Crippen LogP contribution in [0.15, 0.2) is 21.1 Å². The van der Waals surface area contributed by atoms with Crippen LogP contribution in [-0.4, -0.2) is 14.8 Å². The van der Waals surface area contributed by atoms with E-state index in [0.29, 0.717) is 0 Å². The maximum absolute atomic E-state index is 4.11. The summed E-state index contributed by atoms with van der Waals surface area (Å²) in [5.74, 6) is 1.90. The maximum Gasteiger partial charge on any atom is 0.191 e. The third-order valence-electron chi connectivity index (χ3n) is 2.02. The topological polar surface area (TPSA) is 30.7 Å². The van der Waals surface area contributed by atoms with Gasteiger partial charge in [0, 0.05) is 17.7 Å². The largest absolute Gasteiger partial charge is 0.309 e. The lowest BCUT2D eigenvalue weighted by molar-refractivity contribution is 0.765. The van der Waals surface area contributed by atoms with Gasteiger partial charge < -0.3 is 4.57 Å². The molecule has 0 saturated carbocycles. The Balaban J connectivity index is 2.02. The summed E-state index contributed by atoms with van der Waals surface area (Å²) in [6.07, 6.45) is 0. The van der Waals surface area contributed by atoms with E-state index in [-0.39, 0.29) is 0 Å². The highest BCUT2D eigenvalue weighted by atomic mass is 79.9. The van der Waals surface area contributed by atoms with Gasteiger partial charge in [0.05, 0.1) is 3.79 Å². The summed E-state index contributed by atoms with van der Waals surface area (Å²) in [5.41, 5.74) is 0. The van der Waals surface area contributed by atoms with Crippen LogP contribution in [0.3, 0.4) is 0 Å². The van der Waals surface area contributed by atoms with Crippen LogP contribution in [0, 0.1) is 6.92 Å². The number of nitrogens with zero attached hydrogens (tertiary/aromatic N) is 3. The van der Waals surface area contributed by atoms with E-state index < -0.39 is 0 Å². The molecule has 2 rings (SSSR count). The van der Waals surface area contributed by atoms with Crippen molar-refractivity contribution < 1.29 is 0 Å². The first-order valence-electron chi connectivity index (χ1n) is 4.40. The molecule has 0 radical (unpaired) electrons. The second-order valence-corrected chi connectivity index (χ2v) is 6.57. The molecule has 0 unspecified atom stereocenters. The van der Waals surface area contributed by atoms with E-state index in [1.165, 1.54) is 8.66 Å². The van der Waals surface area contributed by atoms with Gasteiger partial charge in [-0.25, -0.2) is 0 Å². The molecule has 0 atom stereocenters. The molecular weight excluding hydrogens is 294 g/mol. The summed E-state index contributed by atoms with van der Waals surface area (Å²) >= 11 is 6.92. The van der Waals surface area contributed by atoms with Gasteiger partial charge in [-0.15, -0.1) is 21.5 Å². The third kappa shape index (κ3) is 2.62. The van der Waals surface area contributed by atoms with E-state index in [4.69, 9.17) is 0 Å². The number of rotatable bonds is 3. The zero-order valence-corrected chi connectivity index (χ0v) is 11.6. The molecule has 0 amide bonds. The molecular formula is C9H10BrN3S2. The quantitative estimate of drug-likeness (QED) is 0.816. The van der Waals surface area contributed by atoms with Gasteiger partial charge in [0.15, 0.2) is 5.16 Å². The fourth-order valence-electron chi connectivity index (χ4n) is 1.08. The number of hydrogen-bond acceptors (Lipinski definition) is 4. The van der Waals surface area contributed by atoms with E-state index in [1.54, 1.807) is 23.1 Å². The van der Waals surface area contributed by atoms with E-state index in [2.05, 4.69) is 38.3 Å². The van der Waals surface area contributed by atoms with Crippen LogP contribution in [0.2, 0.25) is 0 Å². The highest BCUT2D eigenvalue weighted by molar-refractivity contribution is 9.11. The van der Waals surface area contributed by atoms with Crippen LogP contribution < -0.4 is 0 Å². The molecule has 0 aromatic carbocycles. The zero-order valence-electron chi connectivity index (χ0n) is 8.40. The van der Waals surface area contributed by atoms with Gasteiger partial charge in [-0.05, 0) is 35.0 Å². The Morgan fingerprint density at radius 2 is 2.27 bits per heavy atom. The molecule has 0 fully saturated rings. The van der Waals surface area contributed by atoms with Crippen molar-refractivity contribution in [1.82, 2.24) is 14.8 Å².